The van der Waals surface area contributed by atoms with Gasteiger partial charge in [0.15, 0.2) is 11.0 Å². The Labute approximate surface area is 85.1 Å². The van der Waals surface area contributed by atoms with Crippen molar-refractivity contribution >= 4 is 34.2 Å². The second-order valence-corrected chi connectivity index (χ2v) is 3.40. The van der Waals surface area contributed by atoms with Crippen molar-refractivity contribution in [3.63, 3.8) is 0 Å². The van der Waals surface area contributed by atoms with Crippen LogP contribution in [0.2, 0.25) is 5.15 Å². The first-order chi connectivity index (χ1) is 5.52. The molecule has 0 radical (unpaired) electrons. The molecule has 1 aromatic heterocycles. The van der Waals surface area contributed by atoms with Crippen molar-refractivity contribution in [3.05, 3.63) is 26.3 Å². The lowest BCUT2D eigenvalue weighted by Crippen LogP contribution is -1.96. The van der Waals surface area contributed by atoms with Crippen LogP contribution < -0.4 is 0 Å². The normalized spacial score (nSPS) is 10.8. The van der Waals surface area contributed by atoms with Crippen molar-refractivity contribution in [1.29, 1.82) is 0 Å². The minimum absolute atomic E-state index is 0.245. The number of hydrogen-bond acceptors (Lipinski definition) is 1. The maximum absolute atomic E-state index is 12.8. The Morgan fingerprint density at radius 1 is 1.50 bits per heavy atom. The largest absolute Gasteiger partial charge is 0.266 e. The maximum Gasteiger partial charge on any atom is 0.266 e. The van der Waals surface area contributed by atoms with Crippen LogP contribution in [0.5, 0.6) is 0 Å². The number of halogens is 5. The molecular formula is C6H2ClF3IN. The van der Waals surface area contributed by atoms with E-state index in [2.05, 4.69) is 4.98 Å². The van der Waals surface area contributed by atoms with Gasteiger partial charge in [0.2, 0.25) is 0 Å². The first-order valence-electron chi connectivity index (χ1n) is 2.82. The number of aromatic nitrogens is 1. The molecule has 0 spiro atoms. The zero-order valence-corrected chi connectivity index (χ0v) is 8.41. The summed E-state index contributed by atoms with van der Waals surface area (Å²) in [6.07, 6.45) is -2.86. The van der Waals surface area contributed by atoms with E-state index in [-0.39, 0.29) is 3.70 Å². The molecule has 12 heavy (non-hydrogen) atoms. The second-order valence-electron chi connectivity index (χ2n) is 1.94. The fourth-order valence-electron chi connectivity index (χ4n) is 0.645. The molecule has 0 atom stereocenters. The standard InChI is InChI=1S/C6H2ClF3IN/c7-5-4(8)2(6(9)10)1-3(11)12-5/h1,6H. The lowest BCUT2D eigenvalue weighted by atomic mass is 10.3. The van der Waals surface area contributed by atoms with E-state index in [1.54, 1.807) is 22.6 Å². The summed E-state index contributed by atoms with van der Waals surface area (Å²) < 4.78 is 37.1. The summed E-state index contributed by atoms with van der Waals surface area (Å²) in [5.41, 5.74) is -0.709. The molecule has 0 fully saturated rings. The highest BCUT2D eigenvalue weighted by Crippen LogP contribution is 2.26. The average Bonchev–Trinajstić information content (AvgIpc) is 1.96. The van der Waals surface area contributed by atoms with Gasteiger partial charge in [-0.1, -0.05) is 11.6 Å². The van der Waals surface area contributed by atoms with E-state index in [9.17, 15) is 13.2 Å². The summed E-state index contributed by atoms with van der Waals surface area (Å²) in [5.74, 6) is -1.15. The molecule has 1 heterocycles. The van der Waals surface area contributed by atoms with Gasteiger partial charge >= 0.3 is 0 Å². The van der Waals surface area contributed by atoms with E-state index in [4.69, 9.17) is 11.6 Å². The molecule has 0 unspecified atom stereocenters. The lowest BCUT2D eigenvalue weighted by molar-refractivity contribution is 0.146. The summed E-state index contributed by atoms with van der Waals surface area (Å²) >= 11 is 6.92. The van der Waals surface area contributed by atoms with Gasteiger partial charge in [-0.05, 0) is 28.7 Å². The van der Waals surface area contributed by atoms with Gasteiger partial charge in [-0.25, -0.2) is 18.2 Å². The van der Waals surface area contributed by atoms with Crippen LogP contribution in [0.25, 0.3) is 0 Å². The number of nitrogens with zero attached hydrogens (tertiary/aromatic N) is 1. The third kappa shape index (κ3) is 2.01. The number of rotatable bonds is 1. The van der Waals surface area contributed by atoms with Gasteiger partial charge in [-0.15, -0.1) is 0 Å². The molecular weight excluding hydrogens is 305 g/mol. The van der Waals surface area contributed by atoms with Crippen molar-refractivity contribution < 1.29 is 13.2 Å². The lowest BCUT2D eigenvalue weighted by Gasteiger charge is -2.02. The van der Waals surface area contributed by atoms with Crippen molar-refractivity contribution in [3.8, 4) is 0 Å². The Bertz CT molecular complexity index is 305. The summed E-state index contributed by atoms with van der Waals surface area (Å²) in [6.45, 7) is 0. The molecule has 1 nitrogen and oxygen atoms in total. The number of hydrogen-bond donors (Lipinski definition) is 0. The Hall–Kier alpha value is -0.0400. The minimum atomic E-state index is -2.86. The van der Waals surface area contributed by atoms with Crippen molar-refractivity contribution in [2.24, 2.45) is 0 Å². The monoisotopic (exact) mass is 307 g/mol. The summed E-state index contributed by atoms with van der Waals surface area (Å²) in [6, 6.07) is 0.965. The van der Waals surface area contributed by atoms with Gasteiger partial charge in [0.1, 0.15) is 3.70 Å². The van der Waals surface area contributed by atoms with Gasteiger partial charge in [-0.3, -0.25) is 0 Å². The van der Waals surface area contributed by atoms with Gasteiger partial charge < -0.3 is 0 Å². The highest BCUT2D eigenvalue weighted by molar-refractivity contribution is 14.1. The average molecular weight is 307 g/mol. The zero-order valence-electron chi connectivity index (χ0n) is 5.49. The van der Waals surface area contributed by atoms with E-state index >= 15 is 0 Å². The predicted molar refractivity (Wildman–Crippen MR) is 46.9 cm³/mol. The summed E-state index contributed by atoms with van der Waals surface area (Å²) in [5, 5.41) is -0.516. The zero-order chi connectivity index (χ0) is 9.30. The fraction of sp³-hybridized carbons (Fsp3) is 0.167. The molecule has 6 heteroatoms. The van der Waals surface area contributed by atoms with E-state index in [1.807, 2.05) is 0 Å². The minimum Gasteiger partial charge on any atom is -0.227 e. The molecule has 0 aliphatic rings. The molecule has 1 rings (SSSR count). The molecule has 0 aromatic carbocycles. The number of pyridine rings is 1. The summed E-state index contributed by atoms with van der Waals surface area (Å²) in [4.78, 5) is 3.46. The van der Waals surface area contributed by atoms with Crippen molar-refractivity contribution in [2.75, 3.05) is 0 Å². The van der Waals surface area contributed by atoms with Gasteiger partial charge in [0.05, 0.1) is 5.56 Å². The maximum atomic E-state index is 12.8. The smallest absolute Gasteiger partial charge is 0.227 e. The molecule has 0 aliphatic heterocycles. The molecule has 0 saturated carbocycles. The topological polar surface area (TPSA) is 12.9 Å². The van der Waals surface area contributed by atoms with Crippen molar-refractivity contribution in [2.45, 2.75) is 6.43 Å². The van der Waals surface area contributed by atoms with Gasteiger partial charge in [0.25, 0.3) is 6.43 Å². The number of alkyl halides is 2. The fourth-order valence-corrected chi connectivity index (χ4v) is 1.56. The Kier molecular flexibility index (Phi) is 3.16. The molecule has 0 aliphatic carbocycles. The van der Waals surface area contributed by atoms with E-state index in [0.717, 1.165) is 6.07 Å². The molecule has 0 amide bonds. The highest BCUT2D eigenvalue weighted by atomic mass is 127. The predicted octanol–water partition coefficient (Wildman–Crippen LogP) is 3.42. The molecule has 0 N–H and O–H groups in total. The van der Waals surface area contributed by atoms with Crippen LogP contribution in [0.1, 0.15) is 12.0 Å². The Morgan fingerprint density at radius 2 is 2.08 bits per heavy atom. The second kappa shape index (κ2) is 3.78. The van der Waals surface area contributed by atoms with Crippen LogP contribution >= 0.6 is 34.2 Å². The van der Waals surface area contributed by atoms with E-state index in [1.165, 1.54) is 0 Å². The molecule has 1 aromatic rings. The Balaban J connectivity index is 3.28. The third-order valence-corrected chi connectivity index (χ3v) is 1.95. The van der Waals surface area contributed by atoms with E-state index < -0.39 is 23.0 Å². The van der Waals surface area contributed by atoms with Gasteiger partial charge in [-0.2, -0.15) is 0 Å². The van der Waals surface area contributed by atoms with E-state index in [0.29, 0.717) is 0 Å². The third-order valence-electron chi connectivity index (χ3n) is 1.15. The molecule has 66 valence electrons. The quantitative estimate of drug-likeness (QED) is 0.572. The highest BCUT2D eigenvalue weighted by Gasteiger charge is 2.17. The first kappa shape index (κ1) is 10.0. The van der Waals surface area contributed by atoms with Crippen LogP contribution in [-0.2, 0) is 0 Å². The van der Waals surface area contributed by atoms with Crippen LogP contribution in [0.4, 0.5) is 13.2 Å². The summed E-state index contributed by atoms with van der Waals surface area (Å²) in [7, 11) is 0. The molecule has 0 bridgehead atoms. The van der Waals surface area contributed by atoms with Crippen LogP contribution in [0.3, 0.4) is 0 Å². The van der Waals surface area contributed by atoms with Crippen LogP contribution in [0, 0.1) is 9.52 Å². The Morgan fingerprint density at radius 3 is 2.58 bits per heavy atom. The molecule has 0 saturated heterocycles. The van der Waals surface area contributed by atoms with Crippen LogP contribution in [0.15, 0.2) is 6.07 Å². The van der Waals surface area contributed by atoms with Crippen molar-refractivity contribution in [1.82, 2.24) is 4.98 Å². The van der Waals surface area contributed by atoms with Crippen LogP contribution in [-0.4, -0.2) is 4.98 Å². The van der Waals surface area contributed by atoms with Gasteiger partial charge in [0, 0.05) is 0 Å². The SMILES string of the molecule is Fc1c(C(F)F)cc(I)nc1Cl. The first-order valence-corrected chi connectivity index (χ1v) is 4.27.